The van der Waals surface area contributed by atoms with Crippen molar-refractivity contribution >= 4 is 35.6 Å². The summed E-state index contributed by atoms with van der Waals surface area (Å²) in [7, 11) is 0. The van der Waals surface area contributed by atoms with E-state index in [2.05, 4.69) is 5.32 Å². The lowest BCUT2D eigenvalue weighted by Gasteiger charge is -2.24. The van der Waals surface area contributed by atoms with Crippen molar-refractivity contribution in [3.63, 3.8) is 0 Å². The van der Waals surface area contributed by atoms with E-state index in [-0.39, 0.29) is 12.2 Å². The minimum absolute atomic E-state index is 0.0729. The number of hydrogen-bond acceptors (Lipinski definition) is 9. The number of aliphatic hydroxyl groups is 1. The first kappa shape index (κ1) is 29.8. The fourth-order valence-corrected chi connectivity index (χ4v) is 2.87. The van der Waals surface area contributed by atoms with Crippen LogP contribution < -0.4 is 21.7 Å². The third-order valence-corrected chi connectivity index (χ3v) is 4.84. The van der Waals surface area contributed by atoms with Crippen LogP contribution in [0.2, 0.25) is 0 Å². The molecule has 0 aromatic heterocycles. The third kappa shape index (κ3) is 9.94. The van der Waals surface area contributed by atoms with E-state index in [1.54, 1.807) is 0 Å². The molecule has 1 rings (SSSR count). The Hall–Kier alpha value is -4.24. The number of aromatic hydroxyl groups is 1. The molecule has 0 radical (unpaired) electrons. The Bertz CT molecular complexity index is 981. The second-order valence-corrected chi connectivity index (χ2v) is 7.85. The molecular formula is C21H28N4O11. The minimum atomic E-state index is -1.84. The zero-order valence-corrected chi connectivity index (χ0v) is 19.1. The van der Waals surface area contributed by atoms with Crippen molar-refractivity contribution in [2.45, 2.75) is 56.5 Å². The summed E-state index contributed by atoms with van der Waals surface area (Å²) in [5.74, 6) is -8.15. The van der Waals surface area contributed by atoms with Gasteiger partial charge in [-0.15, -0.1) is 0 Å². The van der Waals surface area contributed by atoms with Crippen LogP contribution in [0.5, 0.6) is 5.75 Å². The molecule has 0 saturated carbocycles. The fourth-order valence-electron chi connectivity index (χ4n) is 2.87. The van der Waals surface area contributed by atoms with Crippen LogP contribution in [-0.2, 0) is 35.2 Å². The maximum absolute atomic E-state index is 12.7. The molecule has 0 saturated heterocycles. The molecule has 3 amide bonds. The zero-order valence-electron chi connectivity index (χ0n) is 19.1. The molecule has 0 heterocycles. The van der Waals surface area contributed by atoms with Crippen molar-refractivity contribution in [2.24, 2.45) is 5.73 Å². The summed E-state index contributed by atoms with van der Waals surface area (Å²) >= 11 is 0. The monoisotopic (exact) mass is 512 g/mol. The van der Waals surface area contributed by atoms with Gasteiger partial charge < -0.3 is 47.2 Å². The van der Waals surface area contributed by atoms with Gasteiger partial charge in [-0.05, 0) is 24.6 Å². The number of rotatable bonds is 14. The number of carbonyl (C=O) groups excluding carboxylic acids is 3. The van der Waals surface area contributed by atoms with Crippen LogP contribution >= 0.6 is 0 Å². The lowest BCUT2D eigenvalue weighted by molar-refractivity contribution is -0.145. The maximum atomic E-state index is 12.7. The molecule has 0 fully saturated rings. The van der Waals surface area contributed by atoms with E-state index in [4.69, 9.17) is 15.9 Å². The van der Waals surface area contributed by atoms with Gasteiger partial charge in [0.1, 0.15) is 29.9 Å². The highest BCUT2D eigenvalue weighted by Gasteiger charge is 2.33. The van der Waals surface area contributed by atoms with Gasteiger partial charge in [0, 0.05) is 6.42 Å². The summed E-state index contributed by atoms with van der Waals surface area (Å²) in [5, 5.41) is 52.5. The molecule has 1 aromatic rings. The number of aliphatic hydroxyl groups excluding tert-OH is 1. The van der Waals surface area contributed by atoms with Crippen molar-refractivity contribution in [3.05, 3.63) is 29.8 Å². The predicted octanol–water partition coefficient (Wildman–Crippen LogP) is -2.87. The summed E-state index contributed by atoms with van der Waals surface area (Å²) in [5.41, 5.74) is 5.87. The maximum Gasteiger partial charge on any atom is 0.326 e. The number of benzene rings is 1. The molecule has 1 aromatic carbocycles. The molecule has 0 aliphatic heterocycles. The van der Waals surface area contributed by atoms with Gasteiger partial charge in [0.2, 0.25) is 17.7 Å². The number of carbonyl (C=O) groups is 6. The minimum Gasteiger partial charge on any atom is -0.508 e. The number of nitrogens with two attached hydrogens (primary N) is 1. The van der Waals surface area contributed by atoms with Crippen LogP contribution in [-0.4, -0.2) is 91.4 Å². The van der Waals surface area contributed by atoms with Crippen LogP contribution in [0.4, 0.5) is 0 Å². The number of carboxylic acid groups (broad SMARTS) is 3. The van der Waals surface area contributed by atoms with Gasteiger partial charge in [-0.25, -0.2) is 4.79 Å². The van der Waals surface area contributed by atoms with Gasteiger partial charge in [0.05, 0.1) is 18.9 Å². The van der Waals surface area contributed by atoms with Crippen LogP contribution in [0, 0.1) is 0 Å². The van der Waals surface area contributed by atoms with Crippen LogP contribution in [0.3, 0.4) is 0 Å². The molecule has 15 nitrogen and oxygen atoms in total. The van der Waals surface area contributed by atoms with Crippen molar-refractivity contribution in [3.8, 4) is 5.75 Å². The van der Waals surface area contributed by atoms with Crippen LogP contribution in [0.15, 0.2) is 24.3 Å². The average molecular weight is 512 g/mol. The van der Waals surface area contributed by atoms with E-state index in [9.17, 15) is 44.1 Å². The van der Waals surface area contributed by atoms with E-state index >= 15 is 0 Å². The topological polar surface area (TPSA) is 266 Å². The third-order valence-electron chi connectivity index (χ3n) is 4.84. The van der Waals surface area contributed by atoms with Gasteiger partial charge in [-0.2, -0.15) is 0 Å². The van der Waals surface area contributed by atoms with Crippen molar-refractivity contribution in [1.29, 1.82) is 0 Å². The SMILES string of the molecule is CC(O)C(N)C(=O)NC(CC(=O)O)C(=O)NC(CC(=O)O)C(=O)NC(Cc1ccc(O)cc1)C(=O)O. The van der Waals surface area contributed by atoms with Gasteiger partial charge in [-0.3, -0.25) is 24.0 Å². The van der Waals surface area contributed by atoms with Crippen LogP contribution in [0.1, 0.15) is 25.3 Å². The molecule has 36 heavy (non-hydrogen) atoms. The Morgan fingerprint density at radius 3 is 1.58 bits per heavy atom. The second-order valence-electron chi connectivity index (χ2n) is 7.85. The number of carboxylic acids is 3. The number of aliphatic carboxylic acids is 3. The van der Waals surface area contributed by atoms with Gasteiger partial charge in [-0.1, -0.05) is 12.1 Å². The average Bonchev–Trinajstić information content (AvgIpc) is 2.77. The van der Waals surface area contributed by atoms with Crippen molar-refractivity contribution < 1.29 is 54.3 Å². The fraction of sp³-hybridized carbons (Fsp3) is 0.429. The van der Waals surface area contributed by atoms with Gasteiger partial charge >= 0.3 is 17.9 Å². The molecule has 5 unspecified atom stereocenters. The van der Waals surface area contributed by atoms with E-state index in [1.165, 1.54) is 31.2 Å². The second kappa shape index (κ2) is 13.6. The highest BCUT2D eigenvalue weighted by molar-refractivity contribution is 5.96. The molecule has 10 N–H and O–H groups in total. The number of phenols is 1. The molecule has 0 bridgehead atoms. The number of hydrogen-bond donors (Lipinski definition) is 9. The number of amides is 3. The molecule has 0 aliphatic rings. The number of phenolic OH excluding ortho intramolecular Hbond substituents is 1. The lowest BCUT2D eigenvalue weighted by Crippen LogP contribution is -2.58. The summed E-state index contributed by atoms with van der Waals surface area (Å²) < 4.78 is 0. The first-order chi connectivity index (χ1) is 16.7. The smallest absolute Gasteiger partial charge is 0.326 e. The lowest BCUT2D eigenvalue weighted by atomic mass is 10.0. The van der Waals surface area contributed by atoms with E-state index < -0.39 is 78.7 Å². The molecular weight excluding hydrogens is 484 g/mol. The normalized spacial score (nSPS) is 14.9. The predicted molar refractivity (Wildman–Crippen MR) is 119 cm³/mol. The summed E-state index contributed by atoms with van der Waals surface area (Å²) in [6.07, 6.45) is -3.55. The molecule has 0 spiro atoms. The van der Waals surface area contributed by atoms with Gasteiger partial charge in [0.15, 0.2) is 0 Å². The highest BCUT2D eigenvalue weighted by Crippen LogP contribution is 2.12. The molecule has 5 atom stereocenters. The van der Waals surface area contributed by atoms with E-state index in [0.29, 0.717) is 5.56 Å². The first-order valence-electron chi connectivity index (χ1n) is 10.5. The summed E-state index contributed by atoms with van der Waals surface area (Å²) in [6, 6.07) is -1.28. The molecule has 15 heteroatoms. The Morgan fingerprint density at radius 2 is 1.19 bits per heavy atom. The Labute approximate surface area is 204 Å². The van der Waals surface area contributed by atoms with E-state index in [1.807, 2.05) is 10.6 Å². The van der Waals surface area contributed by atoms with Crippen LogP contribution in [0.25, 0.3) is 0 Å². The van der Waals surface area contributed by atoms with Crippen molar-refractivity contribution in [1.82, 2.24) is 16.0 Å². The standard InChI is InChI=1S/C21H28N4O11/c1-9(26)17(22)20(34)24-13(8-16(30)31)18(32)23-12(7-15(28)29)19(33)25-14(21(35)36)6-10-2-4-11(27)5-3-10/h2-5,9,12-14,17,26-27H,6-8,22H2,1H3,(H,23,32)(H,24,34)(H,25,33)(H,28,29)(H,30,31)(H,35,36). The molecule has 198 valence electrons. The van der Waals surface area contributed by atoms with E-state index in [0.717, 1.165) is 0 Å². The summed E-state index contributed by atoms with van der Waals surface area (Å²) in [4.78, 5) is 71.4. The largest absolute Gasteiger partial charge is 0.508 e. The highest BCUT2D eigenvalue weighted by atomic mass is 16.4. The Balaban J connectivity index is 3.04. The zero-order chi connectivity index (χ0) is 27.6. The quantitative estimate of drug-likeness (QED) is 0.122. The van der Waals surface area contributed by atoms with Gasteiger partial charge in [0.25, 0.3) is 0 Å². The Morgan fingerprint density at radius 1 is 0.778 bits per heavy atom. The molecule has 0 aliphatic carbocycles. The number of nitrogens with one attached hydrogen (secondary N) is 3. The first-order valence-corrected chi connectivity index (χ1v) is 10.5. The Kier molecular flexibility index (Phi) is 11.3. The van der Waals surface area contributed by atoms with Crippen molar-refractivity contribution in [2.75, 3.05) is 0 Å². The summed E-state index contributed by atoms with van der Waals surface area (Å²) in [6.45, 7) is 1.18.